The lowest BCUT2D eigenvalue weighted by molar-refractivity contribution is -0.165. The van der Waals surface area contributed by atoms with Gasteiger partial charge < -0.3 is 14.4 Å². The molecule has 2 aliphatic rings. The molecule has 0 aliphatic carbocycles. The highest BCUT2D eigenvalue weighted by Crippen LogP contribution is 2.26. The molecule has 9 heteroatoms. The van der Waals surface area contributed by atoms with Crippen molar-refractivity contribution in [3.05, 3.63) is 54.4 Å². The number of ether oxygens (including phenoxy) is 2. The maximum Gasteiger partial charge on any atom is 0.329 e. The van der Waals surface area contributed by atoms with Crippen LogP contribution in [0.5, 0.6) is 0 Å². The summed E-state index contributed by atoms with van der Waals surface area (Å²) in [4.78, 5) is 70.3. The van der Waals surface area contributed by atoms with Crippen LogP contribution in [0, 0.1) is 11.8 Å². The lowest BCUT2D eigenvalue weighted by atomic mass is 9.88. The summed E-state index contributed by atoms with van der Waals surface area (Å²) < 4.78 is 11.3. The molecule has 1 aromatic rings. The average molecular weight is 581 g/mol. The van der Waals surface area contributed by atoms with E-state index in [4.69, 9.17) is 9.47 Å². The van der Waals surface area contributed by atoms with Gasteiger partial charge in [-0.3, -0.25) is 24.2 Å². The van der Waals surface area contributed by atoms with Crippen LogP contribution in [0.1, 0.15) is 83.6 Å². The number of pyridine rings is 1. The Morgan fingerprint density at radius 1 is 1.07 bits per heavy atom. The number of ketones is 2. The Morgan fingerprint density at radius 2 is 1.88 bits per heavy atom. The van der Waals surface area contributed by atoms with Crippen molar-refractivity contribution < 1.29 is 33.4 Å². The quantitative estimate of drug-likeness (QED) is 0.279. The van der Waals surface area contributed by atoms with Crippen molar-refractivity contribution in [2.24, 2.45) is 11.8 Å². The van der Waals surface area contributed by atoms with Crippen LogP contribution in [0.3, 0.4) is 0 Å². The first-order valence-electron chi connectivity index (χ1n) is 15.1. The van der Waals surface area contributed by atoms with Gasteiger partial charge in [-0.2, -0.15) is 0 Å². The molecule has 1 unspecified atom stereocenters. The van der Waals surface area contributed by atoms with E-state index in [1.165, 1.54) is 4.90 Å². The second-order valence-corrected chi connectivity index (χ2v) is 11.4. The number of allylic oxidation sites excluding steroid dienone is 2. The number of amides is 1. The molecule has 0 N–H and O–H groups in total. The summed E-state index contributed by atoms with van der Waals surface area (Å²) >= 11 is 0. The van der Waals surface area contributed by atoms with E-state index in [2.05, 4.69) is 11.6 Å². The second-order valence-electron chi connectivity index (χ2n) is 11.4. The highest BCUT2D eigenvalue weighted by atomic mass is 16.5. The monoisotopic (exact) mass is 580 g/mol. The van der Waals surface area contributed by atoms with Gasteiger partial charge in [-0.05, 0) is 69.4 Å². The summed E-state index contributed by atoms with van der Waals surface area (Å²) in [7, 11) is 0. The van der Waals surface area contributed by atoms with Crippen molar-refractivity contribution in [3.63, 3.8) is 0 Å². The van der Waals surface area contributed by atoms with Crippen molar-refractivity contribution in [1.82, 2.24) is 9.88 Å². The van der Waals surface area contributed by atoms with E-state index in [-0.39, 0.29) is 43.6 Å². The number of piperidine rings is 1. The van der Waals surface area contributed by atoms with Gasteiger partial charge in [0.2, 0.25) is 5.78 Å². The first-order valence-corrected chi connectivity index (χ1v) is 15.1. The molecule has 1 saturated heterocycles. The Morgan fingerprint density at radius 3 is 2.62 bits per heavy atom. The molecule has 1 fully saturated rings. The van der Waals surface area contributed by atoms with Crippen LogP contribution in [-0.4, -0.2) is 64.6 Å². The lowest BCUT2D eigenvalue weighted by Crippen LogP contribution is -2.51. The van der Waals surface area contributed by atoms with Gasteiger partial charge in [-0.1, -0.05) is 30.7 Å². The number of hydrogen-bond donors (Lipinski definition) is 0. The number of aromatic nitrogens is 1. The van der Waals surface area contributed by atoms with E-state index >= 15 is 0 Å². The number of fused-ring (bicyclic) bond motifs is 1. The smallest absolute Gasteiger partial charge is 0.329 e. The van der Waals surface area contributed by atoms with Crippen LogP contribution in [0.25, 0.3) is 0 Å². The number of hydrogen-bond acceptors (Lipinski definition) is 8. The highest BCUT2D eigenvalue weighted by molar-refractivity contribution is 6.36. The van der Waals surface area contributed by atoms with Crippen LogP contribution >= 0.6 is 0 Å². The first-order chi connectivity index (χ1) is 20.2. The van der Waals surface area contributed by atoms with Gasteiger partial charge in [-0.15, -0.1) is 6.58 Å². The van der Waals surface area contributed by atoms with Crippen molar-refractivity contribution in [2.45, 2.75) is 96.6 Å². The zero-order chi connectivity index (χ0) is 30.5. The maximum atomic E-state index is 13.5. The number of esters is 2. The highest BCUT2D eigenvalue weighted by Gasteiger charge is 2.37. The summed E-state index contributed by atoms with van der Waals surface area (Å²) in [6.45, 7) is 8.06. The molecule has 9 nitrogen and oxygen atoms in total. The molecule has 0 spiro atoms. The third-order valence-corrected chi connectivity index (χ3v) is 8.10. The van der Waals surface area contributed by atoms with Crippen LogP contribution in [-0.2, 0) is 39.9 Å². The van der Waals surface area contributed by atoms with Gasteiger partial charge in [0.1, 0.15) is 17.9 Å². The number of cyclic esters (lactones) is 2. The lowest BCUT2D eigenvalue weighted by Gasteiger charge is -2.35. The van der Waals surface area contributed by atoms with Gasteiger partial charge in [0, 0.05) is 44.1 Å². The van der Waals surface area contributed by atoms with E-state index in [1.807, 2.05) is 32.1 Å². The minimum absolute atomic E-state index is 0.0763. The molecule has 0 radical (unpaired) electrons. The van der Waals surface area contributed by atoms with Gasteiger partial charge >= 0.3 is 11.9 Å². The Hall–Kier alpha value is -3.62. The third-order valence-electron chi connectivity index (χ3n) is 8.10. The molecule has 0 bridgehead atoms. The topological polar surface area (TPSA) is 120 Å². The fourth-order valence-corrected chi connectivity index (χ4v) is 5.48. The third kappa shape index (κ3) is 10.0. The fraction of sp³-hybridized carbons (Fsp3) is 0.576. The van der Waals surface area contributed by atoms with Crippen LogP contribution in [0.15, 0.2) is 48.8 Å². The molecule has 3 heterocycles. The van der Waals surface area contributed by atoms with Gasteiger partial charge in [-0.25, -0.2) is 4.79 Å². The standard InChI is InChI=1S/C33H44N2O7/c1-4-8-26-21-23(2)17-20-41-31(38)16-14-29(37)32(39)35-19-6-5-10-27(35)33(40)42-30(24(3)11-13-28(26)36)15-12-25-9-7-18-34-22-25/h4,7,9,18,21-22,24,26-27,30H,1,5-6,8,10-17,19-20H2,2-3H3/t24-,26?,27+,30-/m1/s1. The molecular weight excluding hydrogens is 536 g/mol. The number of carbonyl (C=O) groups excluding carboxylic acids is 5. The Labute approximate surface area is 248 Å². The van der Waals surface area contributed by atoms with E-state index < -0.39 is 35.8 Å². The molecular formula is C33H44N2O7. The SMILES string of the molecule is C=CCC1C=C(C)CCOC(=O)CCC(=O)C(=O)N2CCCC[C@H]2C(=O)O[C@H](CCc2cccnc2)[C@H](C)CCC1=O. The molecule has 0 saturated carbocycles. The van der Waals surface area contributed by atoms with Crippen molar-refractivity contribution in [2.75, 3.05) is 13.2 Å². The second kappa shape index (κ2) is 16.7. The summed E-state index contributed by atoms with van der Waals surface area (Å²) in [5.41, 5.74) is 1.92. The normalized spacial score (nSPS) is 26.0. The molecule has 1 aromatic heterocycles. The Balaban J connectivity index is 1.85. The maximum absolute atomic E-state index is 13.5. The van der Waals surface area contributed by atoms with Crippen molar-refractivity contribution in [1.29, 1.82) is 0 Å². The molecule has 2 aliphatic heterocycles. The van der Waals surface area contributed by atoms with Gasteiger partial charge in [0.05, 0.1) is 13.0 Å². The number of carbonyl (C=O) groups is 5. The molecule has 3 rings (SSSR count). The van der Waals surface area contributed by atoms with Crippen LogP contribution < -0.4 is 0 Å². The Bertz CT molecular complexity index is 1150. The largest absolute Gasteiger partial charge is 0.465 e. The number of rotatable bonds is 5. The number of aryl methyl sites for hydroxylation is 1. The molecule has 4 atom stereocenters. The molecule has 42 heavy (non-hydrogen) atoms. The zero-order valence-electron chi connectivity index (χ0n) is 24.9. The summed E-state index contributed by atoms with van der Waals surface area (Å²) in [6, 6.07) is 2.95. The number of nitrogens with zero attached hydrogens (tertiary/aromatic N) is 2. The molecule has 228 valence electrons. The fourth-order valence-electron chi connectivity index (χ4n) is 5.48. The minimum atomic E-state index is -0.868. The zero-order valence-corrected chi connectivity index (χ0v) is 24.9. The van der Waals surface area contributed by atoms with Gasteiger partial charge in [0.15, 0.2) is 0 Å². The van der Waals surface area contributed by atoms with Crippen molar-refractivity contribution >= 4 is 29.4 Å². The average Bonchev–Trinajstić information content (AvgIpc) is 2.99. The molecule has 1 amide bonds. The molecule has 0 aromatic carbocycles. The van der Waals surface area contributed by atoms with E-state index in [0.29, 0.717) is 51.4 Å². The van der Waals surface area contributed by atoms with Crippen LogP contribution in [0.4, 0.5) is 0 Å². The predicted molar refractivity (Wildman–Crippen MR) is 157 cm³/mol. The summed E-state index contributed by atoms with van der Waals surface area (Å²) in [5, 5.41) is 0. The van der Waals surface area contributed by atoms with E-state index in [1.54, 1.807) is 18.5 Å². The van der Waals surface area contributed by atoms with Crippen LogP contribution in [0.2, 0.25) is 0 Å². The predicted octanol–water partition coefficient (Wildman–Crippen LogP) is 4.73. The van der Waals surface area contributed by atoms with E-state index in [9.17, 15) is 24.0 Å². The van der Waals surface area contributed by atoms with E-state index in [0.717, 1.165) is 17.6 Å². The minimum Gasteiger partial charge on any atom is -0.465 e. The first kappa shape index (κ1) is 32.9. The summed E-state index contributed by atoms with van der Waals surface area (Å²) in [6.07, 6.45) is 10.9. The Kier molecular flexibility index (Phi) is 13.1. The summed E-state index contributed by atoms with van der Waals surface area (Å²) in [5.74, 6) is -2.98. The number of Topliss-reactive ketones (excluding diaryl/α,β-unsaturated/α-hetero) is 2. The van der Waals surface area contributed by atoms with Gasteiger partial charge in [0.25, 0.3) is 5.91 Å². The van der Waals surface area contributed by atoms with Crippen molar-refractivity contribution in [3.8, 4) is 0 Å².